The van der Waals surface area contributed by atoms with Crippen LogP contribution in [0.25, 0.3) is 10.8 Å². The summed E-state index contributed by atoms with van der Waals surface area (Å²) in [6.07, 6.45) is 5.30. The molecular weight excluding hydrogens is 205 g/mol. The Balaban J connectivity index is 2.97. The maximum Gasteiger partial charge on any atom is 0.139 e. The van der Waals surface area contributed by atoms with E-state index in [2.05, 4.69) is 11.2 Å². The molecule has 2 aromatic rings. The number of nitrogens with one attached hydrogen (secondary N) is 1. The Hall–Kier alpha value is -2.21. The van der Waals surface area contributed by atoms with E-state index in [1.54, 1.807) is 19.2 Å². The van der Waals surface area contributed by atoms with E-state index >= 15 is 0 Å². The summed E-state index contributed by atoms with van der Waals surface area (Å²) in [5, 5.41) is 13.7. The summed E-state index contributed by atoms with van der Waals surface area (Å²) < 4.78 is 13.5. The average Bonchev–Trinajstić information content (AvgIpc) is 2.28. The van der Waals surface area contributed by atoms with Gasteiger partial charge in [0.15, 0.2) is 0 Å². The summed E-state index contributed by atoms with van der Waals surface area (Å²) in [6.45, 7) is 0. The van der Waals surface area contributed by atoms with Crippen LogP contribution < -0.4 is 5.32 Å². The number of phenolic OH excluding ortho intramolecular Hbond substituents is 1. The number of fused-ring (bicyclic) bond motifs is 1. The van der Waals surface area contributed by atoms with Crippen molar-refractivity contribution in [1.82, 2.24) is 0 Å². The van der Waals surface area contributed by atoms with Crippen LogP contribution >= 0.6 is 0 Å². The van der Waals surface area contributed by atoms with Gasteiger partial charge in [0, 0.05) is 24.2 Å². The Morgan fingerprint density at radius 3 is 2.75 bits per heavy atom. The van der Waals surface area contributed by atoms with Crippen LogP contribution in [-0.2, 0) is 0 Å². The molecule has 0 spiro atoms. The first kappa shape index (κ1) is 10.3. The summed E-state index contributed by atoms with van der Waals surface area (Å²) in [6, 6.07) is 5.96. The number of halogens is 1. The van der Waals surface area contributed by atoms with Crippen LogP contribution in [0.2, 0.25) is 0 Å². The van der Waals surface area contributed by atoms with Crippen molar-refractivity contribution < 1.29 is 9.50 Å². The van der Waals surface area contributed by atoms with Gasteiger partial charge in [-0.1, -0.05) is 12.0 Å². The van der Waals surface area contributed by atoms with E-state index in [4.69, 9.17) is 6.42 Å². The highest BCUT2D eigenvalue weighted by molar-refractivity contribution is 5.99. The summed E-state index contributed by atoms with van der Waals surface area (Å²) >= 11 is 0. The van der Waals surface area contributed by atoms with E-state index in [0.29, 0.717) is 16.5 Å². The highest BCUT2D eigenvalue weighted by Gasteiger charge is 2.10. The van der Waals surface area contributed by atoms with E-state index in [-0.39, 0.29) is 11.3 Å². The van der Waals surface area contributed by atoms with E-state index in [1.807, 2.05) is 0 Å². The monoisotopic (exact) mass is 215 g/mol. The molecule has 3 heteroatoms. The van der Waals surface area contributed by atoms with Gasteiger partial charge in [0.05, 0.1) is 5.56 Å². The largest absolute Gasteiger partial charge is 0.508 e. The molecule has 0 unspecified atom stereocenters. The molecule has 0 atom stereocenters. The molecule has 0 saturated carbocycles. The average molecular weight is 215 g/mol. The second-order valence-corrected chi connectivity index (χ2v) is 3.41. The molecule has 2 aromatic carbocycles. The predicted octanol–water partition coefficient (Wildman–Crippen LogP) is 2.71. The van der Waals surface area contributed by atoms with E-state index in [1.165, 1.54) is 12.1 Å². The highest BCUT2D eigenvalue weighted by atomic mass is 19.1. The highest BCUT2D eigenvalue weighted by Crippen LogP contribution is 2.32. The van der Waals surface area contributed by atoms with Crippen LogP contribution in [0.5, 0.6) is 5.75 Å². The van der Waals surface area contributed by atoms with Crippen molar-refractivity contribution in [3.05, 3.63) is 35.6 Å². The van der Waals surface area contributed by atoms with E-state index in [0.717, 1.165) is 0 Å². The zero-order valence-electron chi connectivity index (χ0n) is 8.71. The summed E-state index contributed by atoms with van der Waals surface area (Å²) in [5.41, 5.74) is 0.823. The fourth-order valence-electron chi connectivity index (χ4n) is 1.76. The number of aromatic hydroxyl groups is 1. The predicted molar refractivity (Wildman–Crippen MR) is 63.1 cm³/mol. The van der Waals surface area contributed by atoms with Gasteiger partial charge < -0.3 is 10.4 Å². The lowest BCUT2D eigenvalue weighted by Gasteiger charge is -2.09. The Labute approximate surface area is 92.7 Å². The molecule has 0 heterocycles. The number of rotatable bonds is 1. The fraction of sp³-hybridized carbons (Fsp3) is 0.0769. The maximum atomic E-state index is 13.5. The molecule has 80 valence electrons. The molecule has 0 aliphatic carbocycles. The van der Waals surface area contributed by atoms with Crippen molar-refractivity contribution in [1.29, 1.82) is 0 Å². The molecule has 0 amide bonds. The second kappa shape index (κ2) is 3.74. The first-order valence-corrected chi connectivity index (χ1v) is 4.77. The summed E-state index contributed by atoms with van der Waals surface area (Å²) in [5.74, 6) is 2.02. The Bertz CT molecular complexity index is 599. The molecule has 0 saturated heterocycles. The first-order valence-electron chi connectivity index (χ1n) is 4.77. The fourth-order valence-corrected chi connectivity index (χ4v) is 1.76. The van der Waals surface area contributed by atoms with E-state index < -0.39 is 5.82 Å². The molecule has 2 N–H and O–H groups in total. The van der Waals surface area contributed by atoms with Gasteiger partial charge >= 0.3 is 0 Å². The second-order valence-electron chi connectivity index (χ2n) is 3.41. The maximum absolute atomic E-state index is 13.5. The lowest BCUT2D eigenvalue weighted by atomic mass is 10.0. The van der Waals surface area contributed by atoms with Crippen molar-refractivity contribution in [2.75, 3.05) is 12.4 Å². The van der Waals surface area contributed by atoms with Crippen LogP contribution in [0.15, 0.2) is 24.3 Å². The van der Waals surface area contributed by atoms with Crippen molar-refractivity contribution in [3.8, 4) is 18.1 Å². The lowest BCUT2D eigenvalue weighted by molar-refractivity contribution is 0.476. The van der Waals surface area contributed by atoms with Crippen LogP contribution in [0.4, 0.5) is 10.1 Å². The van der Waals surface area contributed by atoms with Gasteiger partial charge in [0.25, 0.3) is 0 Å². The minimum Gasteiger partial charge on any atom is -0.508 e. The third-order valence-electron chi connectivity index (χ3n) is 2.47. The van der Waals surface area contributed by atoms with Gasteiger partial charge in [-0.2, -0.15) is 0 Å². The number of anilines is 1. The SMILES string of the molecule is C#Cc1c(F)ccc2cc(O)cc(NC)c12. The van der Waals surface area contributed by atoms with Gasteiger partial charge in [-0.15, -0.1) is 6.42 Å². The topological polar surface area (TPSA) is 32.3 Å². The summed E-state index contributed by atoms with van der Waals surface area (Å²) in [4.78, 5) is 0. The van der Waals surface area contributed by atoms with Gasteiger partial charge in [-0.25, -0.2) is 4.39 Å². The lowest BCUT2D eigenvalue weighted by Crippen LogP contribution is -1.94. The van der Waals surface area contributed by atoms with Crippen molar-refractivity contribution in [2.45, 2.75) is 0 Å². The number of terminal acetylenes is 1. The third kappa shape index (κ3) is 1.45. The third-order valence-corrected chi connectivity index (χ3v) is 2.47. The standard InChI is InChI=1S/C13H10FNO/c1-3-10-11(14)5-4-8-6-9(16)7-12(15-2)13(8)10/h1,4-7,15-16H,2H3. The first-order chi connectivity index (χ1) is 7.67. The van der Waals surface area contributed by atoms with Gasteiger partial charge in [0.2, 0.25) is 0 Å². The molecule has 2 nitrogen and oxygen atoms in total. The number of hydrogen-bond donors (Lipinski definition) is 2. The Morgan fingerprint density at radius 2 is 2.12 bits per heavy atom. The van der Waals surface area contributed by atoms with Crippen molar-refractivity contribution >= 4 is 16.5 Å². The van der Waals surface area contributed by atoms with Crippen molar-refractivity contribution in [2.24, 2.45) is 0 Å². The van der Waals surface area contributed by atoms with Gasteiger partial charge in [-0.05, 0) is 17.5 Å². The van der Waals surface area contributed by atoms with Crippen LogP contribution in [0, 0.1) is 18.2 Å². The molecule has 0 radical (unpaired) electrons. The molecule has 0 aromatic heterocycles. The van der Waals surface area contributed by atoms with Gasteiger partial charge in [0.1, 0.15) is 11.6 Å². The number of benzene rings is 2. The van der Waals surface area contributed by atoms with Crippen LogP contribution in [0.1, 0.15) is 5.56 Å². The van der Waals surface area contributed by atoms with Crippen LogP contribution in [0.3, 0.4) is 0 Å². The normalized spacial score (nSPS) is 10.1. The quantitative estimate of drug-likeness (QED) is 0.717. The van der Waals surface area contributed by atoms with Gasteiger partial charge in [-0.3, -0.25) is 0 Å². The van der Waals surface area contributed by atoms with E-state index in [9.17, 15) is 9.50 Å². The molecular formula is C13H10FNO. The summed E-state index contributed by atoms with van der Waals surface area (Å²) in [7, 11) is 1.69. The minimum absolute atomic E-state index is 0.117. The molecule has 16 heavy (non-hydrogen) atoms. The smallest absolute Gasteiger partial charge is 0.139 e. The molecule has 0 aliphatic heterocycles. The minimum atomic E-state index is -0.433. The Kier molecular flexibility index (Phi) is 2.41. The molecule has 0 fully saturated rings. The number of phenols is 1. The molecule has 0 bridgehead atoms. The molecule has 2 rings (SSSR count). The zero-order valence-corrected chi connectivity index (χ0v) is 8.71. The number of hydrogen-bond acceptors (Lipinski definition) is 2. The van der Waals surface area contributed by atoms with Crippen molar-refractivity contribution in [3.63, 3.8) is 0 Å². The Morgan fingerprint density at radius 1 is 1.38 bits per heavy atom. The van der Waals surface area contributed by atoms with Crippen LogP contribution in [-0.4, -0.2) is 12.2 Å². The molecule has 0 aliphatic rings. The zero-order chi connectivity index (χ0) is 11.7.